The Morgan fingerprint density at radius 1 is 1.32 bits per heavy atom. The molecule has 0 saturated carbocycles. The molecule has 0 amide bonds. The third-order valence-corrected chi connectivity index (χ3v) is 5.37. The van der Waals surface area contributed by atoms with Gasteiger partial charge in [0, 0.05) is 19.1 Å². The molecule has 0 spiro atoms. The van der Waals surface area contributed by atoms with Crippen molar-refractivity contribution in [2.75, 3.05) is 27.2 Å². The number of nitrogens with zero attached hydrogens (tertiary/aromatic N) is 1. The second-order valence-electron chi connectivity index (χ2n) is 4.67. The summed E-state index contributed by atoms with van der Waals surface area (Å²) in [5.74, 6) is 0.658. The minimum Gasteiger partial charge on any atom is -0.497 e. The third-order valence-electron chi connectivity index (χ3n) is 3.49. The van der Waals surface area contributed by atoms with Gasteiger partial charge in [0.25, 0.3) is 0 Å². The van der Waals surface area contributed by atoms with Gasteiger partial charge in [0.2, 0.25) is 10.0 Å². The minimum atomic E-state index is -3.39. The molecule has 1 aliphatic heterocycles. The maximum Gasteiger partial charge on any atom is 0.243 e. The van der Waals surface area contributed by atoms with Gasteiger partial charge in [-0.15, -0.1) is 0 Å². The summed E-state index contributed by atoms with van der Waals surface area (Å²) in [4.78, 5) is 0.324. The van der Waals surface area contributed by atoms with Crippen LogP contribution in [0, 0.1) is 0 Å². The van der Waals surface area contributed by atoms with E-state index in [9.17, 15) is 8.42 Å². The van der Waals surface area contributed by atoms with Crippen molar-refractivity contribution in [3.63, 3.8) is 0 Å². The van der Waals surface area contributed by atoms with Crippen LogP contribution in [-0.4, -0.2) is 46.0 Å². The summed E-state index contributed by atoms with van der Waals surface area (Å²) in [7, 11) is 0.0381. The lowest BCUT2D eigenvalue weighted by molar-refractivity contribution is 0.293. The van der Waals surface area contributed by atoms with Gasteiger partial charge in [0.1, 0.15) is 5.75 Å². The predicted molar refractivity (Wildman–Crippen MR) is 73.8 cm³/mol. The van der Waals surface area contributed by atoms with Gasteiger partial charge < -0.3 is 10.1 Å². The second kappa shape index (κ2) is 5.90. The molecular formula is C13H20N2O3S. The van der Waals surface area contributed by atoms with E-state index in [1.54, 1.807) is 35.7 Å². The molecule has 0 radical (unpaired) electrons. The number of likely N-dealkylation sites (N-methyl/N-ethyl adjacent to an activating group) is 1. The van der Waals surface area contributed by atoms with Crippen LogP contribution in [0.5, 0.6) is 5.75 Å². The van der Waals surface area contributed by atoms with Crippen molar-refractivity contribution in [3.8, 4) is 5.75 Å². The maximum absolute atomic E-state index is 12.5. The molecule has 2 rings (SSSR count). The van der Waals surface area contributed by atoms with Crippen LogP contribution in [0.4, 0.5) is 0 Å². The number of methoxy groups -OCH3 is 1. The van der Waals surface area contributed by atoms with E-state index in [0.29, 0.717) is 23.7 Å². The molecule has 1 aliphatic rings. The Labute approximate surface area is 114 Å². The zero-order valence-electron chi connectivity index (χ0n) is 11.3. The minimum absolute atomic E-state index is 0.238. The van der Waals surface area contributed by atoms with Gasteiger partial charge in [0.15, 0.2) is 0 Å². The molecule has 19 heavy (non-hydrogen) atoms. The lowest BCUT2D eigenvalue weighted by atomic mass is 10.1. The first-order chi connectivity index (χ1) is 9.07. The van der Waals surface area contributed by atoms with E-state index in [1.807, 2.05) is 7.05 Å². The maximum atomic E-state index is 12.5. The monoisotopic (exact) mass is 284 g/mol. The molecule has 0 aliphatic carbocycles. The Morgan fingerprint density at radius 2 is 2.00 bits per heavy atom. The average Bonchev–Trinajstić information content (AvgIpc) is 2.47. The second-order valence-corrected chi connectivity index (χ2v) is 6.60. The fourth-order valence-electron chi connectivity index (χ4n) is 2.29. The van der Waals surface area contributed by atoms with E-state index >= 15 is 0 Å². The highest BCUT2D eigenvalue weighted by Crippen LogP contribution is 2.22. The summed E-state index contributed by atoms with van der Waals surface area (Å²) in [5.41, 5.74) is 0. The van der Waals surface area contributed by atoms with Crippen LogP contribution in [0.25, 0.3) is 0 Å². The summed E-state index contributed by atoms with van der Waals surface area (Å²) in [5, 5.41) is 3.15. The topological polar surface area (TPSA) is 58.6 Å². The van der Waals surface area contributed by atoms with Gasteiger partial charge >= 0.3 is 0 Å². The van der Waals surface area contributed by atoms with E-state index in [2.05, 4.69) is 5.32 Å². The number of nitrogens with one attached hydrogen (secondary N) is 1. The first-order valence-corrected chi connectivity index (χ1v) is 7.83. The molecular weight excluding hydrogens is 264 g/mol. The summed E-state index contributed by atoms with van der Waals surface area (Å²) in [6.45, 7) is 1.12. The molecule has 1 saturated heterocycles. The molecule has 6 heteroatoms. The molecule has 1 fully saturated rings. The number of hydrogen-bond acceptors (Lipinski definition) is 4. The number of rotatable bonds is 4. The Morgan fingerprint density at radius 3 is 2.58 bits per heavy atom. The van der Waals surface area contributed by atoms with E-state index in [0.717, 1.165) is 12.8 Å². The lowest BCUT2D eigenvalue weighted by Crippen LogP contribution is -2.46. The molecule has 1 heterocycles. The Hall–Kier alpha value is -1.11. The lowest BCUT2D eigenvalue weighted by Gasteiger charge is -2.31. The van der Waals surface area contributed by atoms with E-state index in [-0.39, 0.29) is 6.04 Å². The molecule has 5 nitrogen and oxygen atoms in total. The van der Waals surface area contributed by atoms with Crippen molar-refractivity contribution in [2.45, 2.75) is 23.8 Å². The molecule has 1 unspecified atom stereocenters. The van der Waals surface area contributed by atoms with Crippen LogP contribution in [0.15, 0.2) is 29.2 Å². The van der Waals surface area contributed by atoms with Crippen molar-refractivity contribution in [1.82, 2.24) is 9.62 Å². The summed E-state index contributed by atoms with van der Waals surface area (Å²) < 4.78 is 31.6. The Kier molecular flexibility index (Phi) is 4.44. The SMILES string of the molecule is CNC1CCCN(S(=O)(=O)c2ccc(OC)cc2)C1. The van der Waals surface area contributed by atoms with Crippen LogP contribution in [0.3, 0.4) is 0 Å². The highest BCUT2D eigenvalue weighted by atomic mass is 32.2. The zero-order valence-corrected chi connectivity index (χ0v) is 12.1. The van der Waals surface area contributed by atoms with Crippen molar-refractivity contribution in [2.24, 2.45) is 0 Å². The highest BCUT2D eigenvalue weighted by Gasteiger charge is 2.29. The molecule has 0 aromatic heterocycles. The van der Waals surface area contributed by atoms with Crippen LogP contribution in [-0.2, 0) is 10.0 Å². The van der Waals surface area contributed by atoms with E-state index in [1.165, 1.54) is 0 Å². The van der Waals surface area contributed by atoms with E-state index in [4.69, 9.17) is 4.74 Å². The number of sulfonamides is 1. The fraction of sp³-hybridized carbons (Fsp3) is 0.538. The van der Waals surface area contributed by atoms with Gasteiger partial charge in [-0.25, -0.2) is 8.42 Å². The van der Waals surface area contributed by atoms with Gasteiger partial charge in [-0.1, -0.05) is 0 Å². The van der Waals surface area contributed by atoms with Gasteiger partial charge in [-0.2, -0.15) is 4.31 Å². The summed E-state index contributed by atoms with van der Waals surface area (Å²) >= 11 is 0. The van der Waals surface area contributed by atoms with Gasteiger partial charge in [-0.05, 0) is 44.2 Å². The number of piperidine rings is 1. The van der Waals surface area contributed by atoms with Gasteiger partial charge in [-0.3, -0.25) is 0 Å². The Bertz CT molecular complexity index is 513. The molecule has 1 atom stereocenters. The van der Waals surface area contributed by atoms with Crippen molar-refractivity contribution < 1.29 is 13.2 Å². The van der Waals surface area contributed by atoms with Crippen LogP contribution in [0.1, 0.15) is 12.8 Å². The smallest absolute Gasteiger partial charge is 0.243 e. The van der Waals surface area contributed by atoms with E-state index < -0.39 is 10.0 Å². The molecule has 1 N–H and O–H groups in total. The van der Waals surface area contributed by atoms with Crippen molar-refractivity contribution >= 4 is 10.0 Å². The molecule has 1 aromatic rings. The zero-order chi connectivity index (χ0) is 13.9. The molecule has 0 bridgehead atoms. The van der Waals surface area contributed by atoms with Crippen LogP contribution >= 0.6 is 0 Å². The Balaban J connectivity index is 2.20. The first kappa shape index (κ1) is 14.3. The summed E-state index contributed by atoms with van der Waals surface area (Å²) in [6, 6.07) is 6.77. The number of ether oxygens (including phenoxy) is 1. The van der Waals surface area contributed by atoms with Crippen LogP contribution < -0.4 is 10.1 Å². The normalized spacial score (nSPS) is 21.3. The molecule has 106 valence electrons. The highest BCUT2D eigenvalue weighted by molar-refractivity contribution is 7.89. The van der Waals surface area contributed by atoms with Crippen LogP contribution in [0.2, 0.25) is 0 Å². The number of benzene rings is 1. The average molecular weight is 284 g/mol. The summed E-state index contributed by atoms with van der Waals surface area (Å²) in [6.07, 6.45) is 1.91. The van der Waals surface area contributed by atoms with Crippen molar-refractivity contribution in [3.05, 3.63) is 24.3 Å². The van der Waals surface area contributed by atoms with Crippen molar-refractivity contribution in [1.29, 1.82) is 0 Å². The third kappa shape index (κ3) is 3.08. The molecule has 1 aromatic carbocycles. The largest absolute Gasteiger partial charge is 0.497 e. The number of hydrogen-bond donors (Lipinski definition) is 1. The van der Waals surface area contributed by atoms with Gasteiger partial charge in [0.05, 0.1) is 12.0 Å². The fourth-order valence-corrected chi connectivity index (χ4v) is 3.82. The standard InChI is InChI=1S/C13H20N2O3S/c1-14-11-4-3-9-15(10-11)19(16,17)13-7-5-12(18-2)6-8-13/h5-8,11,14H,3-4,9-10H2,1-2H3. The quantitative estimate of drug-likeness (QED) is 0.898. The first-order valence-electron chi connectivity index (χ1n) is 6.39. The predicted octanol–water partition coefficient (Wildman–Crippen LogP) is 1.07.